The number of carbonyl (C=O) groups is 1. The number of hydrogen-bond donors (Lipinski definition) is 4. The van der Waals surface area contributed by atoms with Gasteiger partial charge in [-0.1, -0.05) is 24.3 Å². The van der Waals surface area contributed by atoms with Gasteiger partial charge in [-0.25, -0.2) is 9.37 Å². The van der Waals surface area contributed by atoms with Gasteiger partial charge < -0.3 is 15.2 Å². The number of fused-ring (bicyclic) bond motifs is 1. The van der Waals surface area contributed by atoms with Crippen molar-refractivity contribution in [1.29, 1.82) is 10.8 Å². The van der Waals surface area contributed by atoms with E-state index in [-0.39, 0.29) is 46.9 Å². The molecule has 0 aliphatic heterocycles. The maximum Gasteiger partial charge on any atom is 0.243 e. The molecule has 9 heteroatoms. The SMILES string of the molecule is N=C(Cc1ccc(F)cc1)OC(=N)c1nc(-c2ccc(NC(=O)C3CC3)cc2)c2cccnc2c1O. The lowest BCUT2D eigenvalue weighted by molar-refractivity contribution is -0.117. The minimum absolute atomic E-state index is 0.0103. The van der Waals surface area contributed by atoms with Crippen LogP contribution in [0.25, 0.3) is 22.2 Å². The second-order valence-corrected chi connectivity index (χ2v) is 8.56. The van der Waals surface area contributed by atoms with E-state index in [0.717, 1.165) is 12.8 Å². The van der Waals surface area contributed by atoms with E-state index in [4.69, 9.17) is 15.6 Å². The second kappa shape index (κ2) is 9.53. The van der Waals surface area contributed by atoms with Crippen LogP contribution in [-0.4, -0.2) is 32.8 Å². The van der Waals surface area contributed by atoms with Crippen molar-refractivity contribution in [2.45, 2.75) is 19.3 Å². The number of pyridine rings is 2. The molecule has 1 amide bonds. The highest BCUT2D eigenvalue weighted by Gasteiger charge is 2.29. The van der Waals surface area contributed by atoms with Crippen LogP contribution in [0.15, 0.2) is 66.9 Å². The first-order chi connectivity index (χ1) is 17.4. The number of halogens is 1. The Kier molecular flexibility index (Phi) is 6.12. The first-order valence-electron chi connectivity index (χ1n) is 11.4. The van der Waals surface area contributed by atoms with Crippen molar-refractivity contribution in [3.05, 3.63) is 83.9 Å². The lowest BCUT2D eigenvalue weighted by Crippen LogP contribution is -2.16. The molecule has 0 radical (unpaired) electrons. The van der Waals surface area contributed by atoms with Gasteiger partial charge in [-0.3, -0.25) is 20.6 Å². The van der Waals surface area contributed by atoms with Crippen molar-refractivity contribution in [1.82, 2.24) is 9.97 Å². The Labute approximate surface area is 205 Å². The Morgan fingerprint density at radius 2 is 1.81 bits per heavy atom. The van der Waals surface area contributed by atoms with Gasteiger partial charge in [-0.15, -0.1) is 0 Å². The number of ether oxygens (including phenoxy) is 1. The number of hydrogen-bond acceptors (Lipinski definition) is 7. The highest BCUT2D eigenvalue weighted by atomic mass is 19.1. The van der Waals surface area contributed by atoms with Crippen LogP contribution < -0.4 is 5.32 Å². The highest BCUT2D eigenvalue weighted by Crippen LogP contribution is 2.34. The number of amides is 1. The van der Waals surface area contributed by atoms with Gasteiger partial charge in [0.2, 0.25) is 11.8 Å². The van der Waals surface area contributed by atoms with Gasteiger partial charge in [0.25, 0.3) is 0 Å². The molecule has 1 saturated carbocycles. The van der Waals surface area contributed by atoms with Crippen LogP contribution >= 0.6 is 0 Å². The Hall–Kier alpha value is -4.66. The largest absolute Gasteiger partial charge is 0.504 e. The number of aromatic hydroxyl groups is 1. The summed E-state index contributed by atoms with van der Waals surface area (Å²) in [7, 11) is 0. The Morgan fingerprint density at radius 3 is 2.50 bits per heavy atom. The first kappa shape index (κ1) is 23.1. The Balaban J connectivity index is 1.43. The zero-order valence-corrected chi connectivity index (χ0v) is 19.1. The quantitative estimate of drug-likeness (QED) is 0.225. The van der Waals surface area contributed by atoms with Crippen LogP contribution in [0.5, 0.6) is 5.75 Å². The molecule has 1 aliphatic carbocycles. The Morgan fingerprint density at radius 1 is 1.08 bits per heavy atom. The fourth-order valence-electron chi connectivity index (χ4n) is 3.80. The lowest BCUT2D eigenvalue weighted by Gasteiger charge is -2.14. The number of benzene rings is 2. The second-order valence-electron chi connectivity index (χ2n) is 8.56. The zero-order chi connectivity index (χ0) is 25.2. The predicted octanol–water partition coefficient (Wildman–Crippen LogP) is 5.05. The third-order valence-corrected chi connectivity index (χ3v) is 5.83. The summed E-state index contributed by atoms with van der Waals surface area (Å²) in [5.41, 5.74) is 2.54. The van der Waals surface area contributed by atoms with Crippen LogP contribution in [0.2, 0.25) is 0 Å². The van der Waals surface area contributed by atoms with E-state index in [2.05, 4.69) is 15.3 Å². The van der Waals surface area contributed by atoms with Crippen molar-refractivity contribution in [3.8, 4) is 17.0 Å². The summed E-state index contributed by atoms with van der Waals surface area (Å²) in [5, 5.41) is 30.8. The summed E-state index contributed by atoms with van der Waals surface area (Å²) in [6, 6.07) is 16.2. The average molecular weight is 484 g/mol. The molecule has 36 heavy (non-hydrogen) atoms. The summed E-state index contributed by atoms with van der Waals surface area (Å²) in [6.45, 7) is 0. The van der Waals surface area contributed by atoms with Crippen molar-refractivity contribution in [2.24, 2.45) is 5.92 Å². The van der Waals surface area contributed by atoms with Gasteiger partial charge in [0, 0.05) is 35.2 Å². The van der Waals surface area contributed by atoms with Crippen LogP contribution in [0.4, 0.5) is 10.1 Å². The molecule has 4 aromatic rings. The van der Waals surface area contributed by atoms with Gasteiger partial charge in [0.05, 0.1) is 5.69 Å². The van der Waals surface area contributed by atoms with Crippen LogP contribution in [0, 0.1) is 22.6 Å². The van der Waals surface area contributed by atoms with E-state index in [1.807, 2.05) is 0 Å². The molecule has 1 fully saturated rings. The summed E-state index contributed by atoms with van der Waals surface area (Å²) in [4.78, 5) is 20.8. The third-order valence-electron chi connectivity index (χ3n) is 5.83. The molecule has 0 unspecified atom stereocenters. The zero-order valence-electron chi connectivity index (χ0n) is 19.1. The van der Waals surface area contributed by atoms with Crippen molar-refractivity contribution >= 4 is 34.3 Å². The number of rotatable bonds is 6. The number of aromatic nitrogens is 2. The molecule has 0 saturated heterocycles. The molecule has 4 N–H and O–H groups in total. The molecule has 2 aromatic heterocycles. The molecule has 8 nitrogen and oxygen atoms in total. The smallest absolute Gasteiger partial charge is 0.243 e. The number of nitrogens with one attached hydrogen (secondary N) is 3. The maximum absolute atomic E-state index is 13.1. The van der Waals surface area contributed by atoms with Crippen molar-refractivity contribution in [3.63, 3.8) is 0 Å². The fraction of sp³-hybridized carbons (Fsp3) is 0.148. The van der Waals surface area contributed by atoms with Gasteiger partial charge in [-0.05, 0) is 54.8 Å². The van der Waals surface area contributed by atoms with Gasteiger partial charge in [-0.2, -0.15) is 0 Å². The van der Waals surface area contributed by atoms with Crippen molar-refractivity contribution in [2.75, 3.05) is 5.32 Å². The maximum atomic E-state index is 13.1. The van der Waals surface area contributed by atoms with Crippen LogP contribution in [0.3, 0.4) is 0 Å². The Bertz CT molecular complexity index is 1480. The molecule has 0 atom stereocenters. The number of anilines is 1. The van der Waals surface area contributed by atoms with Gasteiger partial charge in [0.15, 0.2) is 17.3 Å². The summed E-state index contributed by atoms with van der Waals surface area (Å²) >= 11 is 0. The van der Waals surface area contributed by atoms with E-state index in [0.29, 0.717) is 27.9 Å². The fourth-order valence-corrected chi connectivity index (χ4v) is 3.80. The standard InChI is InChI=1S/C27H22FN5O3/c28-18-9-3-15(4-10-18)14-21(29)36-26(30)24-25(34)23-20(2-1-13-31-23)22(33-24)16-7-11-19(12-8-16)32-27(35)17-5-6-17/h1-4,7-13,17,29-30,34H,5-6,14H2,(H,32,35). The van der Waals surface area contributed by atoms with Crippen LogP contribution in [0.1, 0.15) is 24.1 Å². The molecule has 0 spiro atoms. The molecule has 180 valence electrons. The first-order valence-corrected chi connectivity index (χ1v) is 11.4. The van der Waals surface area contributed by atoms with E-state index in [1.54, 1.807) is 36.4 Å². The molecular weight excluding hydrogens is 461 g/mol. The molecule has 5 rings (SSSR count). The summed E-state index contributed by atoms with van der Waals surface area (Å²) in [6.07, 6.45) is 3.39. The monoisotopic (exact) mass is 483 g/mol. The summed E-state index contributed by atoms with van der Waals surface area (Å²) < 4.78 is 18.5. The minimum atomic E-state index is -0.512. The third kappa shape index (κ3) is 4.90. The lowest BCUT2D eigenvalue weighted by atomic mass is 10.0. The van der Waals surface area contributed by atoms with Gasteiger partial charge >= 0.3 is 0 Å². The summed E-state index contributed by atoms with van der Waals surface area (Å²) in [5.74, 6) is -1.39. The molecular formula is C27H22FN5O3. The van der Waals surface area contributed by atoms with E-state index < -0.39 is 5.90 Å². The van der Waals surface area contributed by atoms with E-state index >= 15 is 0 Å². The number of carbonyl (C=O) groups excluding carboxylic acids is 1. The van der Waals surface area contributed by atoms with Crippen LogP contribution in [-0.2, 0) is 16.0 Å². The predicted molar refractivity (Wildman–Crippen MR) is 134 cm³/mol. The molecule has 2 aromatic carbocycles. The normalized spacial score (nSPS) is 12.8. The highest BCUT2D eigenvalue weighted by molar-refractivity contribution is 6.06. The van der Waals surface area contributed by atoms with E-state index in [1.165, 1.54) is 30.5 Å². The van der Waals surface area contributed by atoms with Gasteiger partial charge in [0.1, 0.15) is 11.3 Å². The average Bonchev–Trinajstić information content (AvgIpc) is 3.72. The molecule has 0 bridgehead atoms. The number of nitrogens with zero attached hydrogens (tertiary/aromatic N) is 2. The molecule has 1 aliphatic rings. The topological polar surface area (TPSA) is 132 Å². The van der Waals surface area contributed by atoms with E-state index in [9.17, 15) is 14.3 Å². The van der Waals surface area contributed by atoms with Crippen molar-refractivity contribution < 1.29 is 19.0 Å². The minimum Gasteiger partial charge on any atom is -0.504 e. The molecule has 2 heterocycles.